The van der Waals surface area contributed by atoms with Gasteiger partial charge in [-0.1, -0.05) is 19.3 Å². The Morgan fingerprint density at radius 2 is 1.42 bits per heavy atom. The molecular weight excluding hydrogens is 261 g/mol. The van der Waals surface area contributed by atoms with E-state index in [4.69, 9.17) is 15.0 Å². The molecule has 0 saturated heterocycles. The van der Waals surface area contributed by atoms with Crippen molar-refractivity contribution >= 4 is 6.16 Å². The maximum absolute atomic E-state index is 13.0. The van der Waals surface area contributed by atoms with E-state index >= 15 is 0 Å². The van der Waals surface area contributed by atoms with Crippen molar-refractivity contribution in [3.63, 3.8) is 0 Å². The number of halogens is 3. The van der Waals surface area contributed by atoms with Gasteiger partial charge in [-0.25, -0.2) is 18.0 Å². The number of rotatable bonds is 1. The quantitative estimate of drug-likeness (QED) is 0.748. The molecule has 0 atom stereocenters. The Kier molecular flexibility index (Phi) is 5.66. The highest BCUT2D eigenvalue weighted by molar-refractivity contribution is 5.53. The monoisotopic (exact) mass is 276 g/mol. The third-order valence-electron chi connectivity index (χ3n) is 3.08. The lowest BCUT2D eigenvalue weighted by atomic mass is 9.84. The lowest BCUT2D eigenvalue weighted by Gasteiger charge is -2.22. The lowest BCUT2D eigenvalue weighted by Crippen LogP contribution is -2.06. The normalized spacial score (nSPS) is 15.5. The Balaban J connectivity index is 0.000000399. The van der Waals surface area contributed by atoms with Crippen LogP contribution in [0.5, 0.6) is 0 Å². The molecule has 0 aromatic heterocycles. The Bertz CT molecular complexity index is 416. The molecule has 19 heavy (non-hydrogen) atoms. The fourth-order valence-electron chi connectivity index (χ4n) is 2.25. The minimum Gasteiger partial charge on any atom is -0.450 e. The Hall–Kier alpha value is -1.72. The molecule has 1 aliphatic rings. The van der Waals surface area contributed by atoms with Crippen LogP contribution in [0.4, 0.5) is 18.0 Å². The molecule has 0 amide bonds. The first-order valence-electron chi connectivity index (χ1n) is 5.98. The second-order valence-electron chi connectivity index (χ2n) is 4.42. The van der Waals surface area contributed by atoms with Crippen LogP contribution < -0.4 is 0 Å². The van der Waals surface area contributed by atoms with Crippen molar-refractivity contribution < 1.29 is 28.2 Å². The summed E-state index contributed by atoms with van der Waals surface area (Å²) in [6.07, 6.45) is 3.42. The molecule has 1 aromatic rings. The maximum Gasteiger partial charge on any atom is 0.503 e. The molecule has 0 aliphatic heterocycles. The summed E-state index contributed by atoms with van der Waals surface area (Å²) >= 11 is 0. The molecule has 0 unspecified atom stereocenters. The van der Waals surface area contributed by atoms with Crippen LogP contribution in [0.1, 0.15) is 43.6 Å². The van der Waals surface area contributed by atoms with Crippen molar-refractivity contribution in [1.82, 2.24) is 0 Å². The summed E-state index contributed by atoms with van der Waals surface area (Å²) in [5, 5.41) is 13.9. The van der Waals surface area contributed by atoms with Crippen LogP contribution in [0, 0.1) is 17.5 Å². The summed E-state index contributed by atoms with van der Waals surface area (Å²) in [4.78, 5) is 8.56. The summed E-state index contributed by atoms with van der Waals surface area (Å²) in [6.45, 7) is 0. The Morgan fingerprint density at radius 3 is 1.84 bits per heavy atom. The number of benzene rings is 1. The van der Waals surface area contributed by atoms with Gasteiger partial charge in [0.25, 0.3) is 0 Å². The highest BCUT2D eigenvalue weighted by Gasteiger charge is 2.19. The van der Waals surface area contributed by atoms with E-state index in [0.29, 0.717) is 5.56 Å². The van der Waals surface area contributed by atoms with Crippen molar-refractivity contribution in [3.05, 3.63) is 35.1 Å². The highest BCUT2D eigenvalue weighted by Crippen LogP contribution is 2.33. The van der Waals surface area contributed by atoms with Gasteiger partial charge < -0.3 is 10.2 Å². The zero-order valence-electron chi connectivity index (χ0n) is 10.2. The van der Waals surface area contributed by atoms with Gasteiger partial charge in [-0.05, 0) is 36.5 Å². The maximum atomic E-state index is 13.0. The number of hydrogen-bond acceptors (Lipinski definition) is 1. The molecule has 2 N–H and O–H groups in total. The SMILES string of the molecule is Fc1cc(C2CCCCC2)cc(F)c1F.O=C(O)O. The van der Waals surface area contributed by atoms with Gasteiger partial charge in [0.05, 0.1) is 0 Å². The molecule has 0 spiro atoms. The van der Waals surface area contributed by atoms with E-state index in [9.17, 15) is 13.2 Å². The van der Waals surface area contributed by atoms with E-state index in [1.165, 1.54) is 6.42 Å². The van der Waals surface area contributed by atoms with E-state index in [1.807, 2.05) is 0 Å². The predicted octanol–water partition coefficient (Wildman–Crippen LogP) is 4.37. The molecule has 0 heterocycles. The minimum absolute atomic E-state index is 0.198. The molecule has 1 saturated carbocycles. The molecular formula is C13H15F3O3. The average molecular weight is 276 g/mol. The molecule has 0 radical (unpaired) electrons. The van der Waals surface area contributed by atoms with Crippen LogP contribution in [0.15, 0.2) is 12.1 Å². The van der Waals surface area contributed by atoms with Crippen molar-refractivity contribution in [2.75, 3.05) is 0 Å². The Morgan fingerprint density at radius 1 is 1.00 bits per heavy atom. The highest BCUT2D eigenvalue weighted by atomic mass is 19.2. The van der Waals surface area contributed by atoms with E-state index in [0.717, 1.165) is 37.8 Å². The fraction of sp³-hybridized carbons (Fsp3) is 0.462. The number of carboxylic acid groups (broad SMARTS) is 2. The third-order valence-corrected chi connectivity index (χ3v) is 3.08. The van der Waals surface area contributed by atoms with Crippen LogP contribution in [-0.2, 0) is 0 Å². The first-order chi connectivity index (χ1) is 8.91. The van der Waals surface area contributed by atoms with Gasteiger partial charge in [0.15, 0.2) is 17.5 Å². The van der Waals surface area contributed by atoms with Crippen LogP contribution in [-0.4, -0.2) is 16.4 Å². The molecule has 1 fully saturated rings. The smallest absolute Gasteiger partial charge is 0.450 e. The topological polar surface area (TPSA) is 57.5 Å². The second-order valence-corrected chi connectivity index (χ2v) is 4.42. The van der Waals surface area contributed by atoms with Gasteiger partial charge in [-0.3, -0.25) is 0 Å². The van der Waals surface area contributed by atoms with Crippen LogP contribution >= 0.6 is 0 Å². The molecule has 1 aliphatic carbocycles. The summed E-state index contributed by atoms with van der Waals surface area (Å²) < 4.78 is 38.7. The lowest BCUT2D eigenvalue weighted by molar-refractivity contribution is 0.137. The number of carbonyl (C=O) groups is 1. The van der Waals surface area contributed by atoms with Gasteiger partial charge in [-0.2, -0.15) is 0 Å². The van der Waals surface area contributed by atoms with Crippen molar-refractivity contribution in [3.8, 4) is 0 Å². The van der Waals surface area contributed by atoms with Crippen LogP contribution in [0.2, 0.25) is 0 Å². The van der Waals surface area contributed by atoms with Crippen molar-refractivity contribution in [2.24, 2.45) is 0 Å². The van der Waals surface area contributed by atoms with E-state index in [1.54, 1.807) is 0 Å². The van der Waals surface area contributed by atoms with Crippen molar-refractivity contribution in [1.29, 1.82) is 0 Å². The fourth-order valence-corrected chi connectivity index (χ4v) is 2.25. The number of hydrogen-bond donors (Lipinski definition) is 2. The van der Waals surface area contributed by atoms with Gasteiger partial charge in [0.2, 0.25) is 0 Å². The molecule has 2 rings (SSSR count). The van der Waals surface area contributed by atoms with Gasteiger partial charge in [0.1, 0.15) is 0 Å². The summed E-state index contributed by atoms with van der Waals surface area (Å²) in [5.74, 6) is -3.32. The molecule has 3 nitrogen and oxygen atoms in total. The zero-order chi connectivity index (χ0) is 14.4. The first kappa shape index (κ1) is 15.3. The molecule has 1 aromatic carbocycles. The summed E-state index contributed by atoms with van der Waals surface area (Å²) in [5.41, 5.74) is 0.603. The largest absolute Gasteiger partial charge is 0.503 e. The molecule has 106 valence electrons. The van der Waals surface area contributed by atoms with Gasteiger partial charge in [-0.15, -0.1) is 0 Å². The standard InChI is InChI=1S/C12H13F3.CH2O3/c13-10-6-9(7-11(14)12(10)15)8-4-2-1-3-5-8;2-1(3)4/h6-8H,1-5H2;(H2,2,3,4). The van der Waals surface area contributed by atoms with E-state index in [-0.39, 0.29) is 5.92 Å². The van der Waals surface area contributed by atoms with Crippen LogP contribution in [0.3, 0.4) is 0 Å². The van der Waals surface area contributed by atoms with Gasteiger partial charge >= 0.3 is 6.16 Å². The zero-order valence-corrected chi connectivity index (χ0v) is 10.2. The van der Waals surface area contributed by atoms with E-state index < -0.39 is 23.6 Å². The second kappa shape index (κ2) is 7.01. The Labute approximate surface area is 108 Å². The summed E-state index contributed by atoms with van der Waals surface area (Å²) in [6, 6.07) is 2.27. The van der Waals surface area contributed by atoms with E-state index in [2.05, 4.69) is 0 Å². The summed E-state index contributed by atoms with van der Waals surface area (Å²) in [7, 11) is 0. The predicted molar refractivity (Wildman–Crippen MR) is 62.8 cm³/mol. The van der Waals surface area contributed by atoms with Gasteiger partial charge in [0, 0.05) is 0 Å². The first-order valence-corrected chi connectivity index (χ1v) is 5.98. The average Bonchev–Trinajstić information content (AvgIpc) is 2.36. The third kappa shape index (κ3) is 4.81. The molecule has 0 bridgehead atoms. The minimum atomic E-state index is -1.83. The molecule has 6 heteroatoms. The van der Waals surface area contributed by atoms with Crippen molar-refractivity contribution in [2.45, 2.75) is 38.0 Å². The van der Waals surface area contributed by atoms with Crippen LogP contribution in [0.25, 0.3) is 0 Å².